The molecule has 0 unspecified atom stereocenters. The lowest BCUT2D eigenvalue weighted by Gasteiger charge is -1.87. The smallest absolute Gasteiger partial charge is 0.124 e. The fraction of sp³-hybridized carbons (Fsp3) is 0.222. The Morgan fingerprint density at radius 3 is 3.17 bits per heavy atom. The van der Waals surface area contributed by atoms with Gasteiger partial charge in [-0.3, -0.25) is 4.68 Å². The van der Waals surface area contributed by atoms with E-state index in [1.54, 1.807) is 10.7 Å². The maximum absolute atomic E-state index is 12.7. The number of hydrogen-bond donors (Lipinski definition) is 0. The summed E-state index contributed by atoms with van der Waals surface area (Å²) in [4.78, 5) is 0. The standard InChI is InChI=1S/C9H8FN2/c1-2-12-6-7-5-8(10)3-4-9(7)11-12/h3-5H,2H2,1H3. The van der Waals surface area contributed by atoms with Crippen LogP contribution in [0.1, 0.15) is 6.92 Å². The number of aromatic nitrogens is 2. The van der Waals surface area contributed by atoms with Crippen molar-refractivity contribution in [2.24, 2.45) is 0 Å². The Labute approximate surface area is 69.6 Å². The molecule has 0 aliphatic carbocycles. The molecule has 12 heavy (non-hydrogen) atoms. The molecular weight excluding hydrogens is 155 g/mol. The molecule has 2 aromatic rings. The van der Waals surface area contributed by atoms with Crippen molar-refractivity contribution in [2.45, 2.75) is 13.5 Å². The molecule has 1 radical (unpaired) electrons. The van der Waals surface area contributed by atoms with Crippen molar-refractivity contribution in [3.05, 3.63) is 30.2 Å². The summed E-state index contributed by atoms with van der Waals surface area (Å²) in [7, 11) is 0. The Morgan fingerprint density at radius 2 is 2.42 bits per heavy atom. The van der Waals surface area contributed by atoms with E-state index < -0.39 is 0 Å². The first-order valence-electron chi connectivity index (χ1n) is 3.85. The third-order valence-electron chi connectivity index (χ3n) is 1.74. The SMILES string of the molecule is CCn1[c]c2cc(F)ccc2n1. The summed E-state index contributed by atoms with van der Waals surface area (Å²) < 4.78 is 14.4. The first-order valence-corrected chi connectivity index (χ1v) is 3.85. The van der Waals surface area contributed by atoms with Crippen molar-refractivity contribution in [1.29, 1.82) is 0 Å². The number of fused-ring (bicyclic) bond motifs is 1. The number of hydrogen-bond acceptors (Lipinski definition) is 1. The second-order valence-corrected chi connectivity index (χ2v) is 2.59. The molecule has 61 valence electrons. The lowest BCUT2D eigenvalue weighted by molar-refractivity contribution is 0.629. The molecule has 0 aliphatic rings. The van der Waals surface area contributed by atoms with Crippen LogP contribution < -0.4 is 0 Å². The van der Waals surface area contributed by atoms with Crippen molar-refractivity contribution >= 4 is 10.9 Å². The van der Waals surface area contributed by atoms with E-state index in [1.807, 2.05) is 6.92 Å². The van der Waals surface area contributed by atoms with Gasteiger partial charge in [0.2, 0.25) is 0 Å². The van der Waals surface area contributed by atoms with Gasteiger partial charge in [0, 0.05) is 11.9 Å². The third-order valence-corrected chi connectivity index (χ3v) is 1.74. The van der Waals surface area contributed by atoms with Gasteiger partial charge >= 0.3 is 0 Å². The monoisotopic (exact) mass is 163 g/mol. The topological polar surface area (TPSA) is 17.8 Å². The molecule has 1 heterocycles. The van der Waals surface area contributed by atoms with Gasteiger partial charge in [0.05, 0.1) is 11.7 Å². The van der Waals surface area contributed by atoms with Crippen LogP contribution >= 0.6 is 0 Å². The number of rotatable bonds is 1. The van der Waals surface area contributed by atoms with Gasteiger partial charge in [-0.25, -0.2) is 4.39 Å². The van der Waals surface area contributed by atoms with Crippen LogP contribution in [0.15, 0.2) is 18.2 Å². The van der Waals surface area contributed by atoms with Gasteiger partial charge in [0.1, 0.15) is 5.82 Å². The van der Waals surface area contributed by atoms with E-state index in [0.717, 1.165) is 17.4 Å². The Kier molecular flexibility index (Phi) is 1.57. The van der Waals surface area contributed by atoms with Gasteiger partial charge in [0.25, 0.3) is 0 Å². The zero-order chi connectivity index (χ0) is 8.55. The minimum absolute atomic E-state index is 0.241. The fourth-order valence-electron chi connectivity index (χ4n) is 1.13. The molecule has 0 amide bonds. The number of aryl methyl sites for hydroxylation is 1. The average Bonchev–Trinajstić information content (AvgIpc) is 2.46. The van der Waals surface area contributed by atoms with E-state index in [0.29, 0.717) is 0 Å². The normalized spacial score (nSPS) is 10.8. The predicted octanol–water partition coefficient (Wildman–Crippen LogP) is 2.00. The highest BCUT2D eigenvalue weighted by atomic mass is 19.1. The van der Waals surface area contributed by atoms with Gasteiger partial charge in [-0.15, -0.1) is 0 Å². The van der Waals surface area contributed by atoms with Crippen LogP contribution in [-0.2, 0) is 6.54 Å². The Bertz CT molecular complexity index is 406. The highest BCUT2D eigenvalue weighted by Gasteiger charge is 2.00. The molecule has 1 aromatic heterocycles. The van der Waals surface area contributed by atoms with Crippen LogP contribution in [0.3, 0.4) is 0 Å². The minimum Gasteiger partial charge on any atom is -0.262 e. The molecule has 0 bridgehead atoms. The van der Waals surface area contributed by atoms with Gasteiger partial charge in [-0.1, -0.05) is 0 Å². The molecule has 1 aromatic carbocycles. The average molecular weight is 163 g/mol. The minimum atomic E-state index is -0.241. The first-order chi connectivity index (χ1) is 5.79. The summed E-state index contributed by atoms with van der Waals surface area (Å²) in [5.74, 6) is -0.241. The van der Waals surface area contributed by atoms with E-state index in [4.69, 9.17) is 0 Å². The van der Waals surface area contributed by atoms with Crippen LogP contribution in [0.2, 0.25) is 0 Å². The van der Waals surface area contributed by atoms with Crippen molar-refractivity contribution < 1.29 is 4.39 Å². The summed E-state index contributed by atoms with van der Waals surface area (Å²) >= 11 is 0. The highest BCUT2D eigenvalue weighted by molar-refractivity contribution is 5.77. The first kappa shape index (κ1) is 7.28. The zero-order valence-corrected chi connectivity index (χ0v) is 6.71. The highest BCUT2D eigenvalue weighted by Crippen LogP contribution is 2.12. The van der Waals surface area contributed by atoms with Crippen molar-refractivity contribution in [2.75, 3.05) is 0 Å². The maximum atomic E-state index is 12.7. The van der Waals surface area contributed by atoms with Crippen LogP contribution in [0.25, 0.3) is 10.9 Å². The predicted molar refractivity (Wildman–Crippen MR) is 44.2 cm³/mol. The van der Waals surface area contributed by atoms with Crippen LogP contribution in [0, 0.1) is 12.0 Å². The maximum Gasteiger partial charge on any atom is 0.124 e. The summed E-state index contributed by atoms with van der Waals surface area (Å²) in [6.07, 6.45) is 2.95. The Hall–Kier alpha value is -1.38. The van der Waals surface area contributed by atoms with E-state index in [9.17, 15) is 4.39 Å². The van der Waals surface area contributed by atoms with Crippen LogP contribution in [-0.4, -0.2) is 9.78 Å². The summed E-state index contributed by atoms with van der Waals surface area (Å²) in [5.41, 5.74) is 0.790. The van der Waals surface area contributed by atoms with E-state index in [-0.39, 0.29) is 5.82 Å². The second-order valence-electron chi connectivity index (χ2n) is 2.59. The number of benzene rings is 1. The number of halogens is 1. The molecule has 0 N–H and O–H groups in total. The zero-order valence-electron chi connectivity index (χ0n) is 6.71. The van der Waals surface area contributed by atoms with Gasteiger partial charge in [-0.05, 0) is 25.1 Å². The van der Waals surface area contributed by atoms with Crippen LogP contribution in [0.5, 0.6) is 0 Å². The van der Waals surface area contributed by atoms with Crippen molar-refractivity contribution in [1.82, 2.24) is 9.78 Å². The van der Waals surface area contributed by atoms with E-state index >= 15 is 0 Å². The summed E-state index contributed by atoms with van der Waals surface area (Å²) in [5, 5.41) is 4.90. The molecule has 0 aliphatic heterocycles. The molecular formula is C9H8FN2. The molecule has 2 rings (SSSR count). The lowest BCUT2D eigenvalue weighted by Crippen LogP contribution is -1.92. The fourth-order valence-corrected chi connectivity index (χ4v) is 1.13. The summed E-state index contributed by atoms with van der Waals surface area (Å²) in [6, 6.07) is 4.50. The molecule has 3 heteroatoms. The van der Waals surface area contributed by atoms with Crippen molar-refractivity contribution in [3.63, 3.8) is 0 Å². The van der Waals surface area contributed by atoms with E-state index in [2.05, 4.69) is 11.3 Å². The largest absolute Gasteiger partial charge is 0.262 e. The van der Waals surface area contributed by atoms with Crippen LogP contribution in [0.4, 0.5) is 4.39 Å². The molecule has 0 saturated carbocycles. The molecule has 2 nitrogen and oxygen atoms in total. The van der Waals surface area contributed by atoms with Gasteiger partial charge < -0.3 is 0 Å². The summed E-state index contributed by atoms with van der Waals surface area (Å²) in [6.45, 7) is 2.73. The third kappa shape index (κ3) is 1.07. The lowest BCUT2D eigenvalue weighted by atomic mass is 10.2. The number of nitrogens with zero attached hydrogens (tertiary/aromatic N) is 2. The Balaban J connectivity index is 2.67. The Morgan fingerprint density at radius 1 is 1.58 bits per heavy atom. The molecule has 0 spiro atoms. The second kappa shape index (κ2) is 2.59. The molecule has 0 saturated heterocycles. The molecule has 0 atom stereocenters. The van der Waals surface area contributed by atoms with Gasteiger partial charge in [0.15, 0.2) is 0 Å². The van der Waals surface area contributed by atoms with E-state index in [1.165, 1.54) is 12.1 Å². The molecule has 0 fully saturated rings. The van der Waals surface area contributed by atoms with Gasteiger partial charge in [-0.2, -0.15) is 5.10 Å². The quantitative estimate of drug-likeness (QED) is 0.628. The van der Waals surface area contributed by atoms with Crippen molar-refractivity contribution in [3.8, 4) is 0 Å².